The Morgan fingerprint density at radius 1 is 1.40 bits per heavy atom. The summed E-state index contributed by atoms with van der Waals surface area (Å²) in [5.74, 6) is -0.768. The van der Waals surface area contributed by atoms with Crippen molar-refractivity contribution in [2.45, 2.75) is 19.1 Å². The number of nitrogens with one attached hydrogen (secondary N) is 1. The van der Waals surface area contributed by atoms with E-state index in [0.717, 1.165) is 26.1 Å². The first-order valence-corrected chi connectivity index (χ1v) is 7.06. The molecule has 1 saturated heterocycles. The van der Waals surface area contributed by atoms with Gasteiger partial charge in [-0.3, -0.25) is 9.69 Å². The summed E-state index contributed by atoms with van der Waals surface area (Å²) >= 11 is 0. The monoisotopic (exact) mass is 278 g/mol. The summed E-state index contributed by atoms with van der Waals surface area (Å²) in [7, 11) is 0. The number of hydrogen-bond acceptors (Lipinski definition) is 4. The molecule has 0 aliphatic carbocycles. The summed E-state index contributed by atoms with van der Waals surface area (Å²) in [6.45, 7) is 4.45. The summed E-state index contributed by atoms with van der Waals surface area (Å²) in [5, 5.41) is 12.0. The molecule has 0 aromatic heterocycles. The predicted molar refractivity (Wildman–Crippen MR) is 76.6 cm³/mol. The number of carboxylic acid groups (broad SMARTS) is 1. The molecular weight excluding hydrogens is 256 g/mol. The van der Waals surface area contributed by atoms with E-state index in [1.54, 1.807) is 0 Å². The van der Waals surface area contributed by atoms with E-state index in [4.69, 9.17) is 9.84 Å². The van der Waals surface area contributed by atoms with Crippen molar-refractivity contribution >= 4 is 5.97 Å². The van der Waals surface area contributed by atoms with Gasteiger partial charge in [0.05, 0.1) is 6.61 Å². The molecule has 1 aliphatic rings. The Morgan fingerprint density at radius 2 is 2.20 bits per heavy atom. The number of aliphatic carboxylic acids is 1. The number of carboxylic acids is 1. The normalized spacial score (nSPS) is 19.9. The lowest BCUT2D eigenvalue weighted by molar-refractivity contribution is -0.140. The van der Waals surface area contributed by atoms with Gasteiger partial charge in [0.25, 0.3) is 0 Å². The van der Waals surface area contributed by atoms with Crippen LogP contribution in [0.15, 0.2) is 30.3 Å². The number of hydrogen-bond donors (Lipinski definition) is 2. The van der Waals surface area contributed by atoms with Gasteiger partial charge >= 0.3 is 5.97 Å². The van der Waals surface area contributed by atoms with Gasteiger partial charge in [0.2, 0.25) is 0 Å². The minimum Gasteiger partial charge on any atom is -0.480 e. The van der Waals surface area contributed by atoms with Crippen LogP contribution in [-0.4, -0.2) is 54.8 Å². The lowest BCUT2D eigenvalue weighted by atomic mass is 10.2. The van der Waals surface area contributed by atoms with Gasteiger partial charge in [-0.2, -0.15) is 0 Å². The third-order valence-electron chi connectivity index (χ3n) is 3.43. The highest BCUT2D eigenvalue weighted by Crippen LogP contribution is 2.03. The number of nitrogens with zero attached hydrogens (tertiary/aromatic N) is 1. The maximum atomic E-state index is 10.9. The topological polar surface area (TPSA) is 61.8 Å². The van der Waals surface area contributed by atoms with E-state index in [9.17, 15) is 4.79 Å². The van der Waals surface area contributed by atoms with Gasteiger partial charge in [-0.15, -0.1) is 0 Å². The Bertz CT molecular complexity index is 411. The Labute approximate surface area is 119 Å². The summed E-state index contributed by atoms with van der Waals surface area (Å²) in [5.41, 5.74) is 1.18. The lowest BCUT2D eigenvalue weighted by Crippen LogP contribution is -2.54. The van der Waals surface area contributed by atoms with E-state index in [-0.39, 0.29) is 0 Å². The first kappa shape index (κ1) is 15.0. The van der Waals surface area contributed by atoms with Crippen LogP contribution in [0.3, 0.4) is 0 Å². The van der Waals surface area contributed by atoms with Crippen LogP contribution in [0.4, 0.5) is 0 Å². The fourth-order valence-electron chi connectivity index (χ4n) is 2.33. The van der Waals surface area contributed by atoms with Crippen LogP contribution in [-0.2, 0) is 16.1 Å². The lowest BCUT2D eigenvalue weighted by Gasteiger charge is -2.31. The summed E-state index contributed by atoms with van der Waals surface area (Å²) in [4.78, 5) is 13.1. The van der Waals surface area contributed by atoms with Gasteiger partial charge in [-0.05, 0) is 12.0 Å². The van der Waals surface area contributed by atoms with Crippen LogP contribution in [0.25, 0.3) is 0 Å². The van der Waals surface area contributed by atoms with Crippen LogP contribution in [0, 0.1) is 0 Å². The van der Waals surface area contributed by atoms with Gasteiger partial charge in [0, 0.05) is 32.8 Å². The summed E-state index contributed by atoms with van der Waals surface area (Å²) in [6.07, 6.45) is 0.930. The van der Waals surface area contributed by atoms with Crippen molar-refractivity contribution in [1.82, 2.24) is 10.2 Å². The first-order chi connectivity index (χ1) is 9.75. The number of piperazine rings is 1. The van der Waals surface area contributed by atoms with E-state index in [0.29, 0.717) is 19.8 Å². The summed E-state index contributed by atoms with van der Waals surface area (Å²) < 4.78 is 5.63. The van der Waals surface area contributed by atoms with E-state index >= 15 is 0 Å². The third kappa shape index (κ3) is 4.92. The zero-order valence-electron chi connectivity index (χ0n) is 11.6. The van der Waals surface area contributed by atoms with Crippen molar-refractivity contribution in [3.8, 4) is 0 Å². The number of rotatable bonds is 7. The van der Waals surface area contributed by atoms with E-state index < -0.39 is 12.0 Å². The molecule has 1 heterocycles. The zero-order valence-corrected chi connectivity index (χ0v) is 11.6. The number of ether oxygens (including phenoxy) is 1. The maximum Gasteiger partial charge on any atom is 0.322 e. The number of benzene rings is 1. The molecule has 0 unspecified atom stereocenters. The molecule has 0 spiro atoms. The van der Waals surface area contributed by atoms with Gasteiger partial charge in [-0.1, -0.05) is 30.3 Å². The van der Waals surface area contributed by atoms with Crippen molar-refractivity contribution in [3.05, 3.63) is 35.9 Å². The smallest absolute Gasteiger partial charge is 0.322 e. The van der Waals surface area contributed by atoms with Crippen molar-refractivity contribution < 1.29 is 14.6 Å². The minimum absolute atomic E-state index is 0.436. The number of carbonyl (C=O) groups is 1. The van der Waals surface area contributed by atoms with Crippen molar-refractivity contribution in [1.29, 1.82) is 0 Å². The molecule has 1 atom stereocenters. The molecule has 1 aromatic carbocycles. The Morgan fingerprint density at radius 3 is 2.95 bits per heavy atom. The van der Waals surface area contributed by atoms with Crippen LogP contribution < -0.4 is 5.32 Å². The average Bonchev–Trinajstić information content (AvgIpc) is 2.48. The Hall–Kier alpha value is -1.43. The zero-order chi connectivity index (χ0) is 14.2. The van der Waals surface area contributed by atoms with Crippen LogP contribution in [0.1, 0.15) is 12.0 Å². The SMILES string of the molecule is O=C(O)[C@H]1CN(CCCOCc2ccccc2)CCN1. The fraction of sp³-hybridized carbons (Fsp3) is 0.533. The molecule has 5 heteroatoms. The predicted octanol–water partition coefficient (Wildman–Crippen LogP) is 0.952. The van der Waals surface area contributed by atoms with E-state index in [1.807, 2.05) is 30.3 Å². The molecule has 0 radical (unpaired) electrons. The quantitative estimate of drug-likeness (QED) is 0.727. The highest BCUT2D eigenvalue weighted by Gasteiger charge is 2.24. The van der Waals surface area contributed by atoms with Crippen molar-refractivity contribution in [3.63, 3.8) is 0 Å². The van der Waals surface area contributed by atoms with Crippen molar-refractivity contribution in [2.75, 3.05) is 32.8 Å². The van der Waals surface area contributed by atoms with E-state index in [2.05, 4.69) is 10.2 Å². The molecule has 0 bridgehead atoms. The van der Waals surface area contributed by atoms with Crippen LogP contribution >= 0.6 is 0 Å². The molecular formula is C15H22N2O3. The standard InChI is InChI=1S/C15H22N2O3/c18-15(19)14-11-17(9-7-16-14)8-4-10-20-12-13-5-2-1-3-6-13/h1-3,5-6,14,16H,4,7-12H2,(H,18,19)/t14-/m1/s1. The van der Waals surface area contributed by atoms with Gasteiger partial charge in [0.1, 0.15) is 6.04 Å². The molecule has 5 nitrogen and oxygen atoms in total. The van der Waals surface area contributed by atoms with Crippen LogP contribution in [0.5, 0.6) is 0 Å². The molecule has 0 saturated carbocycles. The molecule has 2 N–H and O–H groups in total. The van der Waals surface area contributed by atoms with Gasteiger partial charge in [-0.25, -0.2) is 0 Å². The Balaban J connectivity index is 1.58. The van der Waals surface area contributed by atoms with Gasteiger partial charge in [0.15, 0.2) is 0 Å². The average molecular weight is 278 g/mol. The molecule has 1 aliphatic heterocycles. The maximum absolute atomic E-state index is 10.9. The second kappa shape index (κ2) is 7.99. The van der Waals surface area contributed by atoms with E-state index in [1.165, 1.54) is 5.56 Å². The second-order valence-corrected chi connectivity index (χ2v) is 5.04. The minimum atomic E-state index is -0.768. The second-order valence-electron chi connectivity index (χ2n) is 5.04. The largest absolute Gasteiger partial charge is 0.480 e. The van der Waals surface area contributed by atoms with Crippen molar-refractivity contribution in [2.24, 2.45) is 0 Å². The highest BCUT2D eigenvalue weighted by atomic mass is 16.5. The van der Waals surface area contributed by atoms with Crippen LogP contribution in [0.2, 0.25) is 0 Å². The third-order valence-corrected chi connectivity index (χ3v) is 3.43. The van der Waals surface area contributed by atoms with Gasteiger partial charge < -0.3 is 15.2 Å². The molecule has 0 amide bonds. The molecule has 1 fully saturated rings. The first-order valence-electron chi connectivity index (χ1n) is 7.06. The Kier molecular flexibility index (Phi) is 5.98. The fourth-order valence-corrected chi connectivity index (χ4v) is 2.33. The molecule has 110 valence electrons. The molecule has 2 rings (SSSR count). The summed E-state index contributed by atoms with van der Waals surface area (Å²) in [6, 6.07) is 9.67. The molecule has 20 heavy (non-hydrogen) atoms. The molecule has 1 aromatic rings. The highest BCUT2D eigenvalue weighted by molar-refractivity contribution is 5.73.